The molecule has 0 N–H and O–H groups in total. The van der Waals surface area contributed by atoms with Crippen molar-refractivity contribution in [2.45, 2.75) is 25.6 Å². The van der Waals surface area contributed by atoms with E-state index in [2.05, 4.69) is 0 Å². The summed E-state index contributed by atoms with van der Waals surface area (Å²) in [5, 5.41) is 0.665. The summed E-state index contributed by atoms with van der Waals surface area (Å²) in [4.78, 5) is 11.2. The van der Waals surface area contributed by atoms with Crippen LogP contribution in [0, 0.1) is 0 Å². The van der Waals surface area contributed by atoms with Crippen LogP contribution in [0.1, 0.15) is 13.3 Å². The van der Waals surface area contributed by atoms with Crippen molar-refractivity contribution in [1.82, 2.24) is 0 Å². The van der Waals surface area contributed by atoms with E-state index in [1.54, 1.807) is 24.3 Å². The predicted molar refractivity (Wildman–Crippen MR) is 60.9 cm³/mol. The van der Waals surface area contributed by atoms with Crippen molar-refractivity contribution in [3.05, 3.63) is 29.3 Å². The summed E-state index contributed by atoms with van der Waals surface area (Å²) in [6.07, 6.45) is -0.137. The number of carbonyl (C=O) groups excluding carboxylic acids is 1. The molecule has 86 valence electrons. The normalized spacial score (nSPS) is 24.0. The van der Waals surface area contributed by atoms with E-state index in [4.69, 9.17) is 21.1 Å². The molecule has 1 fully saturated rings. The Bertz CT molecular complexity index is 374. The lowest BCUT2D eigenvalue weighted by atomic mass is 9.90. The molecular weight excluding hydrogens is 228 g/mol. The zero-order valence-corrected chi connectivity index (χ0v) is 9.74. The van der Waals surface area contributed by atoms with Gasteiger partial charge in [0.1, 0.15) is 11.9 Å². The van der Waals surface area contributed by atoms with Gasteiger partial charge in [0.25, 0.3) is 0 Å². The van der Waals surface area contributed by atoms with Crippen LogP contribution in [0.25, 0.3) is 0 Å². The number of benzene rings is 1. The van der Waals surface area contributed by atoms with Crippen LogP contribution in [-0.4, -0.2) is 24.6 Å². The molecule has 1 aliphatic rings. The van der Waals surface area contributed by atoms with E-state index in [1.807, 2.05) is 6.92 Å². The van der Waals surface area contributed by atoms with E-state index < -0.39 is 6.10 Å². The molecule has 0 saturated heterocycles. The molecule has 2 atom stereocenters. The molecule has 3 nitrogen and oxygen atoms in total. The first-order chi connectivity index (χ1) is 7.70. The Kier molecular flexibility index (Phi) is 3.46. The summed E-state index contributed by atoms with van der Waals surface area (Å²) in [6, 6.07) is 7.09. The number of rotatable bonds is 4. The van der Waals surface area contributed by atoms with Crippen LogP contribution in [0.15, 0.2) is 24.3 Å². The first-order valence-corrected chi connectivity index (χ1v) is 5.65. The zero-order valence-electron chi connectivity index (χ0n) is 8.98. The van der Waals surface area contributed by atoms with Gasteiger partial charge in [0, 0.05) is 18.1 Å². The summed E-state index contributed by atoms with van der Waals surface area (Å²) in [5.41, 5.74) is 0. The van der Waals surface area contributed by atoms with Gasteiger partial charge in [0.2, 0.25) is 0 Å². The minimum Gasteiger partial charge on any atom is -0.487 e. The zero-order chi connectivity index (χ0) is 11.5. The highest BCUT2D eigenvalue weighted by atomic mass is 35.5. The minimum absolute atomic E-state index is 0.112. The Morgan fingerprint density at radius 3 is 2.62 bits per heavy atom. The lowest BCUT2D eigenvalue weighted by Crippen LogP contribution is -2.52. The second-order valence-electron chi connectivity index (χ2n) is 3.66. The lowest BCUT2D eigenvalue weighted by Gasteiger charge is -2.34. The third-order valence-electron chi connectivity index (χ3n) is 2.50. The number of ether oxygens (including phenoxy) is 2. The Hall–Kier alpha value is -1.06. The molecule has 4 heteroatoms. The fourth-order valence-corrected chi connectivity index (χ4v) is 1.77. The standard InChI is InChI=1S/C12H13ClO3/c1-2-15-12-10(14)7-11(12)16-9-5-3-8(13)4-6-9/h3-6,11-12H,2,7H2,1H3. The van der Waals surface area contributed by atoms with Gasteiger partial charge in [0.05, 0.1) is 0 Å². The Morgan fingerprint density at radius 1 is 1.38 bits per heavy atom. The predicted octanol–water partition coefficient (Wildman–Crippen LogP) is 2.47. The Balaban J connectivity index is 1.95. The average Bonchev–Trinajstić information content (AvgIpc) is 2.28. The van der Waals surface area contributed by atoms with Crippen molar-refractivity contribution < 1.29 is 14.3 Å². The second kappa shape index (κ2) is 4.85. The summed E-state index contributed by atoms with van der Waals surface area (Å²) < 4.78 is 10.9. The molecule has 16 heavy (non-hydrogen) atoms. The number of ketones is 1. The maximum atomic E-state index is 11.2. The van der Waals surface area contributed by atoms with Gasteiger partial charge in [-0.3, -0.25) is 4.79 Å². The molecule has 1 aromatic carbocycles. The summed E-state index contributed by atoms with van der Waals surface area (Å²) in [5.74, 6) is 0.826. The smallest absolute Gasteiger partial charge is 0.169 e. The monoisotopic (exact) mass is 240 g/mol. The fourth-order valence-electron chi connectivity index (χ4n) is 1.64. The van der Waals surface area contributed by atoms with Gasteiger partial charge in [-0.1, -0.05) is 11.6 Å². The quantitative estimate of drug-likeness (QED) is 0.811. The molecule has 0 bridgehead atoms. The molecule has 0 spiro atoms. The van der Waals surface area contributed by atoms with E-state index in [0.29, 0.717) is 23.8 Å². The molecule has 0 amide bonds. The van der Waals surface area contributed by atoms with Crippen molar-refractivity contribution >= 4 is 17.4 Å². The van der Waals surface area contributed by atoms with Crippen molar-refractivity contribution in [2.75, 3.05) is 6.61 Å². The SMILES string of the molecule is CCOC1C(=O)CC1Oc1ccc(Cl)cc1. The maximum absolute atomic E-state index is 11.2. The van der Waals surface area contributed by atoms with Gasteiger partial charge >= 0.3 is 0 Å². The van der Waals surface area contributed by atoms with E-state index in [1.165, 1.54) is 0 Å². The number of halogens is 1. The minimum atomic E-state index is -0.402. The lowest BCUT2D eigenvalue weighted by molar-refractivity contribution is -0.154. The molecule has 0 aliphatic heterocycles. The fraction of sp³-hybridized carbons (Fsp3) is 0.417. The second-order valence-corrected chi connectivity index (χ2v) is 4.09. The average molecular weight is 241 g/mol. The van der Waals surface area contributed by atoms with Gasteiger partial charge in [-0.05, 0) is 31.2 Å². The highest BCUT2D eigenvalue weighted by Crippen LogP contribution is 2.26. The molecule has 0 aromatic heterocycles. The summed E-state index contributed by atoms with van der Waals surface area (Å²) in [6.45, 7) is 2.39. The van der Waals surface area contributed by atoms with Gasteiger partial charge in [0.15, 0.2) is 11.9 Å². The van der Waals surface area contributed by atoms with Gasteiger partial charge in [-0.25, -0.2) is 0 Å². The van der Waals surface area contributed by atoms with Crippen LogP contribution in [0.3, 0.4) is 0 Å². The summed E-state index contributed by atoms with van der Waals surface area (Å²) >= 11 is 5.76. The number of hydrogen-bond donors (Lipinski definition) is 0. The van der Waals surface area contributed by atoms with Crippen molar-refractivity contribution in [1.29, 1.82) is 0 Å². The first kappa shape index (κ1) is 11.4. The number of carbonyl (C=O) groups is 1. The molecule has 1 aliphatic carbocycles. The van der Waals surface area contributed by atoms with Gasteiger partial charge in [-0.15, -0.1) is 0 Å². The molecule has 0 heterocycles. The van der Waals surface area contributed by atoms with E-state index >= 15 is 0 Å². The molecule has 1 aromatic rings. The van der Waals surface area contributed by atoms with Crippen molar-refractivity contribution in [3.63, 3.8) is 0 Å². The van der Waals surface area contributed by atoms with Crippen LogP contribution in [0.2, 0.25) is 5.02 Å². The van der Waals surface area contributed by atoms with E-state index in [-0.39, 0.29) is 11.9 Å². The van der Waals surface area contributed by atoms with Gasteiger partial charge < -0.3 is 9.47 Å². The van der Waals surface area contributed by atoms with Crippen LogP contribution < -0.4 is 4.74 Å². The summed E-state index contributed by atoms with van der Waals surface area (Å²) in [7, 11) is 0. The van der Waals surface area contributed by atoms with Crippen LogP contribution in [0.5, 0.6) is 5.75 Å². The topological polar surface area (TPSA) is 35.5 Å². The van der Waals surface area contributed by atoms with Crippen molar-refractivity contribution in [2.24, 2.45) is 0 Å². The van der Waals surface area contributed by atoms with Crippen molar-refractivity contribution in [3.8, 4) is 5.75 Å². The van der Waals surface area contributed by atoms with Crippen LogP contribution in [-0.2, 0) is 9.53 Å². The van der Waals surface area contributed by atoms with E-state index in [0.717, 1.165) is 0 Å². The van der Waals surface area contributed by atoms with Crippen LogP contribution in [0.4, 0.5) is 0 Å². The molecule has 2 unspecified atom stereocenters. The maximum Gasteiger partial charge on any atom is 0.169 e. The third-order valence-corrected chi connectivity index (χ3v) is 2.76. The highest BCUT2D eigenvalue weighted by Gasteiger charge is 2.42. The largest absolute Gasteiger partial charge is 0.487 e. The molecule has 0 radical (unpaired) electrons. The Morgan fingerprint density at radius 2 is 2.06 bits per heavy atom. The van der Waals surface area contributed by atoms with E-state index in [9.17, 15) is 4.79 Å². The highest BCUT2D eigenvalue weighted by molar-refractivity contribution is 6.30. The number of Topliss-reactive ketones (excluding diaryl/α,β-unsaturated/α-hetero) is 1. The first-order valence-electron chi connectivity index (χ1n) is 5.27. The third kappa shape index (κ3) is 2.36. The molecule has 2 rings (SSSR count). The van der Waals surface area contributed by atoms with Gasteiger partial charge in [-0.2, -0.15) is 0 Å². The Labute approximate surface area is 99.3 Å². The van der Waals surface area contributed by atoms with Crippen LogP contribution >= 0.6 is 11.6 Å². The molecule has 1 saturated carbocycles. The molecular formula is C12H13ClO3. The number of hydrogen-bond acceptors (Lipinski definition) is 3.